The number of nitrogens with zero attached hydrogens (tertiary/aromatic N) is 2. The number of amides is 1. The van der Waals surface area contributed by atoms with Crippen LogP contribution in [0.5, 0.6) is 11.5 Å². The van der Waals surface area contributed by atoms with Crippen molar-refractivity contribution in [1.82, 2.24) is 4.90 Å². The lowest BCUT2D eigenvalue weighted by molar-refractivity contribution is -0.129. The smallest absolute Gasteiger partial charge is 0.227 e. The highest BCUT2D eigenvalue weighted by atomic mass is 35.5. The molecule has 5 nitrogen and oxygen atoms in total. The molecule has 128 valence electrons. The number of likely N-dealkylation sites (N-methyl/N-ethyl adjacent to an activating group) is 1. The summed E-state index contributed by atoms with van der Waals surface area (Å²) in [5.41, 5.74) is 2.35. The fourth-order valence-corrected chi connectivity index (χ4v) is 2.91. The molecule has 0 saturated carbocycles. The van der Waals surface area contributed by atoms with Crippen LogP contribution in [0.15, 0.2) is 36.4 Å². The lowest BCUT2D eigenvalue weighted by atomic mass is 10.1. The Kier molecular flexibility index (Phi) is 5.11. The number of halogens is 1. The third kappa shape index (κ3) is 4.04. The normalized spacial score (nSPS) is 12.4. The van der Waals surface area contributed by atoms with Crippen molar-refractivity contribution >= 4 is 17.5 Å². The van der Waals surface area contributed by atoms with Gasteiger partial charge in [0.25, 0.3) is 0 Å². The van der Waals surface area contributed by atoms with Crippen molar-refractivity contribution in [3.63, 3.8) is 0 Å². The topological polar surface area (TPSA) is 62.6 Å². The average molecular weight is 357 g/mol. The van der Waals surface area contributed by atoms with Gasteiger partial charge in [-0.3, -0.25) is 4.79 Å². The third-order valence-corrected chi connectivity index (χ3v) is 4.22. The van der Waals surface area contributed by atoms with Crippen LogP contribution in [0.3, 0.4) is 0 Å². The van der Waals surface area contributed by atoms with E-state index in [2.05, 4.69) is 6.07 Å². The molecule has 0 spiro atoms. The van der Waals surface area contributed by atoms with Gasteiger partial charge in [0.15, 0.2) is 11.5 Å². The number of hydrogen-bond donors (Lipinski definition) is 0. The summed E-state index contributed by atoms with van der Waals surface area (Å²) in [6, 6.07) is 12.8. The van der Waals surface area contributed by atoms with E-state index in [0.29, 0.717) is 41.8 Å². The van der Waals surface area contributed by atoms with Crippen LogP contribution in [0.25, 0.3) is 0 Å². The maximum Gasteiger partial charge on any atom is 0.227 e. The van der Waals surface area contributed by atoms with Crippen molar-refractivity contribution in [1.29, 1.82) is 5.26 Å². The zero-order valence-electron chi connectivity index (χ0n) is 13.8. The number of hydrogen-bond acceptors (Lipinski definition) is 4. The third-order valence-electron chi connectivity index (χ3n) is 3.94. The number of benzene rings is 2. The Hall–Kier alpha value is -2.71. The number of fused-ring (bicyclic) bond motifs is 1. The molecule has 2 aromatic rings. The molecule has 0 saturated heterocycles. The van der Waals surface area contributed by atoms with E-state index in [9.17, 15) is 4.79 Å². The Morgan fingerprint density at radius 3 is 2.64 bits per heavy atom. The predicted octanol–water partition coefficient (Wildman–Crippen LogP) is 3.18. The Labute approximate surface area is 151 Å². The van der Waals surface area contributed by atoms with Crippen LogP contribution in [0.2, 0.25) is 5.02 Å². The number of ether oxygens (including phenoxy) is 2. The van der Waals surface area contributed by atoms with Crippen molar-refractivity contribution in [2.24, 2.45) is 0 Å². The minimum absolute atomic E-state index is 0.0305. The summed E-state index contributed by atoms with van der Waals surface area (Å²) in [4.78, 5) is 14.1. The van der Waals surface area contributed by atoms with E-state index in [1.165, 1.54) is 0 Å². The minimum atomic E-state index is -0.0305. The molecular weight excluding hydrogens is 340 g/mol. The van der Waals surface area contributed by atoms with Gasteiger partial charge in [-0.1, -0.05) is 23.7 Å². The molecule has 6 heteroatoms. The van der Waals surface area contributed by atoms with Crippen LogP contribution in [0.4, 0.5) is 0 Å². The van der Waals surface area contributed by atoms with E-state index in [-0.39, 0.29) is 12.3 Å². The summed E-state index contributed by atoms with van der Waals surface area (Å²) in [7, 11) is 1.75. The van der Waals surface area contributed by atoms with Gasteiger partial charge < -0.3 is 14.4 Å². The molecule has 0 bridgehead atoms. The molecule has 0 aliphatic carbocycles. The fourth-order valence-electron chi connectivity index (χ4n) is 2.62. The maximum atomic E-state index is 12.5. The minimum Gasteiger partial charge on any atom is -0.486 e. The Morgan fingerprint density at radius 2 is 1.92 bits per heavy atom. The first-order chi connectivity index (χ1) is 12.1. The van der Waals surface area contributed by atoms with Gasteiger partial charge in [0.05, 0.1) is 23.1 Å². The van der Waals surface area contributed by atoms with Gasteiger partial charge >= 0.3 is 0 Å². The van der Waals surface area contributed by atoms with Gasteiger partial charge in [-0.2, -0.15) is 5.26 Å². The molecule has 1 heterocycles. The van der Waals surface area contributed by atoms with E-state index in [0.717, 1.165) is 11.1 Å². The lowest BCUT2D eigenvalue weighted by Gasteiger charge is -2.21. The van der Waals surface area contributed by atoms with Crippen molar-refractivity contribution in [3.8, 4) is 17.6 Å². The molecular formula is C19H17ClN2O3. The molecule has 0 unspecified atom stereocenters. The van der Waals surface area contributed by atoms with Crippen molar-refractivity contribution in [3.05, 3.63) is 58.1 Å². The van der Waals surface area contributed by atoms with Gasteiger partial charge in [0.2, 0.25) is 5.91 Å². The second-order valence-corrected chi connectivity index (χ2v) is 6.24. The summed E-state index contributed by atoms with van der Waals surface area (Å²) in [5, 5.41) is 9.28. The van der Waals surface area contributed by atoms with Gasteiger partial charge in [-0.15, -0.1) is 0 Å². The van der Waals surface area contributed by atoms with Crippen LogP contribution in [-0.4, -0.2) is 31.1 Å². The highest BCUT2D eigenvalue weighted by Gasteiger charge is 2.18. The van der Waals surface area contributed by atoms with E-state index < -0.39 is 0 Å². The molecule has 0 N–H and O–H groups in total. The van der Waals surface area contributed by atoms with Crippen LogP contribution < -0.4 is 9.47 Å². The number of carbonyl (C=O) groups is 1. The van der Waals surface area contributed by atoms with Crippen LogP contribution in [0, 0.1) is 11.3 Å². The summed E-state index contributed by atoms with van der Waals surface area (Å²) >= 11 is 6.21. The highest BCUT2D eigenvalue weighted by Crippen LogP contribution is 2.38. The molecule has 25 heavy (non-hydrogen) atoms. The van der Waals surface area contributed by atoms with Crippen LogP contribution in [-0.2, 0) is 17.8 Å². The van der Waals surface area contributed by atoms with Gasteiger partial charge in [0, 0.05) is 13.6 Å². The van der Waals surface area contributed by atoms with Crippen molar-refractivity contribution in [2.75, 3.05) is 20.3 Å². The molecule has 2 aromatic carbocycles. The second kappa shape index (κ2) is 7.45. The summed E-state index contributed by atoms with van der Waals surface area (Å²) in [5.74, 6) is 1.09. The molecule has 0 radical (unpaired) electrons. The Bertz CT molecular complexity index is 828. The van der Waals surface area contributed by atoms with Crippen LogP contribution in [0.1, 0.15) is 16.7 Å². The second-order valence-electron chi connectivity index (χ2n) is 5.84. The van der Waals surface area contributed by atoms with Gasteiger partial charge in [-0.25, -0.2) is 0 Å². The molecule has 3 rings (SSSR count). The van der Waals surface area contributed by atoms with E-state index in [1.807, 2.05) is 12.1 Å². The summed E-state index contributed by atoms with van der Waals surface area (Å²) < 4.78 is 11.0. The summed E-state index contributed by atoms with van der Waals surface area (Å²) in [6.45, 7) is 1.42. The Morgan fingerprint density at radius 1 is 1.20 bits per heavy atom. The average Bonchev–Trinajstić information content (AvgIpc) is 2.62. The highest BCUT2D eigenvalue weighted by molar-refractivity contribution is 6.32. The number of carbonyl (C=O) groups excluding carboxylic acids is 1. The van der Waals surface area contributed by atoms with E-state index in [1.54, 1.807) is 36.2 Å². The van der Waals surface area contributed by atoms with Gasteiger partial charge in [0.1, 0.15) is 13.2 Å². The van der Waals surface area contributed by atoms with E-state index >= 15 is 0 Å². The monoisotopic (exact) mass is 356 g/mol. The molecule has 1 aliphatic rings. The molecule has 1 amide bonds. The maximum absolute atomic E-state index is 12.5. The van der Waals surface area contributed by atoms with Crippen molar-refractivity contribution < 1.29 is 14.3 Å². The molecule has 0 fully saturated rings. The fraction of sp³-hybridized carbons (Fsp3) is 0.263. The first-order valence-electron chi connectivity index (χ1n) is 7.88. The Balaban J connectivity index is 1.67. The molecule has 0 atom stereocenters. The molecule has 0 aromatic heterocycles. The standard InChI is InChI=1S/C19H17ClN2O3/c1-22(12-14-4-2-13(11-21)3-5-14)18(23)10-15-8-16(20)19-17(9-15)24-6-7-25-19/h2-5,8-9H,6-7,10,12H2,1H3. The largest absolute Gasteiger partial charge is 0.486 e. The SMILES string of the molecule is CN(Cc1ccc(C#N)cc1)C(=O)Cc1cc(Cl)c2c(c1)OCCO2. The lowest BCUT2D eigenvalue weighted by Crippen LogP contribution is -2.27. The number of nitriles is 1. The quantitative estimate of drug-likeness (QED) is 0.844. The predicted molar refractivity (Wildman–Crippen MR) is 93.8 cm³/mol. The van der Waals surface area contributed by atoms with Crippen molar-refractivity contribution in [2.45, 2.75) is 13.0 Å². The molecule has 1 aliphatic heterocycles. The summed E-state index contributed by atoms with van der Waals surface area (Å²) in [6.07, 6.45) is 0.225. The van der Waals surface area contributed by atoms with E-state index in [4.69, 9.17) is 26.3 Å². The zero-order valence-corrected chi connectivity index (χ0v) is 14.5. The number of rotatable bonds is 4. The zero-order chi connectivity index (χ0) is 17.8. The van der Waals surface area contributed by atoms with Crippen LogP contribution >= 0.6 is 11.6 Å². The van der Waals surface area contributed by atoms with Gasteiger partial charge in [-0.05, 0) is 35.4 Å². The first kappa shape index (κ1) is 17.1. The first-order valence-corrected chi connectivity index (χ1v) is 8.25.